The van der Waals surface area contributed by atoms with Crippen LogP contribution in [0.4, 0.5) is 0 Å². The molecule has 0 nitrogen and oxygen atoms in total. The van der Waals surface area contributed by atoms with Crippen LogP contribution in [0.1, 0.15) is 26.7 Å². The zero-order valence-electron chi connectivity index (χ0n) is 6.50. The monoisotopic (exact) mass is 213 g/mol. The van der Waals surface area contributed by atoms with Crippen molar-refractivity contribution in [1.29, 1.82) is 0 Å². The van der Waals surface area contributed by atoms with E-state index in [1.807, 2.05) is 22.8 Å². The van der Waals surface area contributed by atoms with Gasteiger partial charge in [-0.15, -0.1) is 0 Å². The molecule has 0 bridgehead atoms. The molecule has 0 fully saturated rings. The normalized spacial score (nSPS) is 9.80. The van der Waals surface area contributed by atoms with Gasteiger partial charge in [-0.1, -0.05) is 13.8 Å². The maximum Gasteiger partial charge on any atom is 0.317 e. The van der Waals surface area contributed by atoms with Gasteiger partial charge in [-0.05, 0) is 12.8 Å². The quantitative estimate of drug-likeness (QED) is 0.611. The molecule has 10 heavy (non-hydrogen) atoms. The molecule has 0 spiro atoms. The van der Waals surface area contributed by atoms with Gasteiger partial charge in [0.05, 0.1) is 0 Å². The molecule has 60 valence electrons. The third-order valence-corrected chi connectivity index (χ3v) is 8.56. The molecule has 0 aliphatic carbocycles. The second-order valence-electron chi connectivity index (χ2n) is 1.89. The van der Waals surface area contributed by atoms with E-state index in [1.165, 1.54) is 24.3 Å². The topological polar surface area (TPSA) is 0 Å². The van der Waals surface area contributed by atoms with Gasteiger partial charge in [0, 0.05) is 11.5 Å². The van der Waals surface area contributed by atoms with Crippen molar-refractivity contribution >= 4 is 39.7 Å². The number of rotatable bonds is 6. The molecule has 0 amide bonds. The van der Waals surface area contributed by atoms with Crippen LogP contribution in [0.25, 0.3) is 0 Å². The minimum Gasteiger partial charge on any atom is -0.0644 e. The van der Waals surface area contributed by atoms with Crippen LogP contribution in [0.5, 0.6) is 0 Å². The van der Waals surface area contributed by atoms with Crippen molar-refractivity contribution in [3.63, 3.8) is 0 Å². The smallest absolute Gasteiger partial charge is 0.0644 e. The van der Waals surface area contributed by atoms with Crippen molar-refractivity contribution in [3.05, 3.63) is 0 Å². The molecule has 0 saturated heterocycles. The Balaban J connectivity index is 3.09. The van der Waals surface area contributed by atoms with Gasteiger partial charge in [0.2, 0.25) is 0 Å². The highest BCUT2D eigenvalue weighted by molar-refractivity contribution is 8.94. The Morgan fingerprint density at radius 3 is 1.80 bits per heavy atom. The Morgan fingerprint density at radius 2 is 1.50 bits per heavy atom. The van der Waals surface area contributed by atoms with E-state index in [4.69, 9.17) is 11.8 Å². The van der Waals surface area contributed by atoms with Crippen LogP contribution in [0.2, 0.25) is 0 Å². The van der Waals surface area contributed by atoms with E-state index in [9.17, 15) is 0 Å². The van der Waals surface area contributed by atoms with Crippen molar-refractivity contribution in [3.8, 4) is 0 Å². The predicted octanol–water partition coefficient (Wildman–Crippen LogP) is 4.05. The molecule has 0 N–H and O–H groups in total. The van der Waals surface area contributed by atoms with Crippen molar-refractivity contribution in [2.24, 2.45) is 0 Å². The minimum absolute atomic E-state index is 0.176. The highest BCUT2D eigenvalue weighted by atomic mass is 33.2. The van der Waals surface area contributed by atoms with Crippen LogP contribution in [-0.4, -0.2) is 11.5 Å². The van der Waals surface area contributed by atoms with Gasteiger partial charge < -0.3 is 0 Å². The summed E-state index contributed by atoms with van der Waals surface area (Å²) in [5.41, 5.74) is 0. The molecule has 0 atom stereocenters. The van der Waals surface area contributed by atoms with Crippen molar-refractivity contribution in [2.75, 3.05) is 11.5 Å². The average Bonchev–Trinajstić information content (AvgIpc) is 1.97. The molecule has 0 rings (SSSR count). The van der Waals surface area contributed by atoms with E-state index < -0.39 is 0 Å². The third kappa shape index (κ3) is 7.33. The summed E-state index contributed by atoms with van der Waals surface area (Å²) < 4.78 is 0. The molecular weight excluding hydrogens is 199 g/mol. The first-order valence-electron chi connectivity index (χ1n) is 3.54. The van der Waals surface area contributed by atoms with Crippen LogP contribution in [0.3, 0.4) is 0 Å². The van der Waals surface area contributed by atoms with Gasteiger partial charge in [-0.2, -0.15) is 0 Å². The molecule has 0 aliphatic rings. The van der Waals surface area contributed by atoms with Gasteiger partial charge in [-0.25, -0.2) is 0 Å². The molecule has 0 aliphatic heterocycles. The largest absolute Gasteiger partial charge is 0.317 e. The number of hydrogen-bond acceptors (Lipinski definition) is 3. The van der Waals surface area contributed by atoms with E-state index in [-0.39, 0.29) is 5.10 Å². The standard InChI is InChI=1S/C6H14PS3/c1-3-5-9-7(8)10-6-4-2/h3-6H2,1-2H3/q+1. The molecular formula is C6H14PS3+. The van der Waals surface area contributed by atoms with E-state index >= 15 is 0 Å². The van der Waals surface area contributed by atoms with E-state index in [2.05, 4.69) is 13.8 Å². The van der Waals surface area contributed by atoms with Gasteiger partial charge in [0.25, 0.3) is 0 Å². The van der Waals surface area contributed by atoms with Gasteiger partial charge in [0.15, 0.2) is 11.8 Å². The lowest BCUT2D eigenvalue weighted by Gasteiger charge is -1.85. The lowest BCUT2D eigenvalue weighted by atomic mass is 10.6. The Labute approximate surface area is 77.8 Å². The fourth-order valence-corrected chi connectivity index (χ4v) is 6.67. The minimum atomic E-state index is -0.176. The lowest BCUT2D eigenvalue weighted by Crippen LogP contribution is -1.68. The highest BCUT2D eigenvalue weighted by Gasteiger charge is 2.11. The first-order chi connectivity index (χ1) is 4.81. The Hall–Kier alpha value is 1.22. The van der Waals surface area contributed by atoms with Gasteiger partial charge in [-0.3, -0.25) is 0 Å². The van der Waals surface area contributed by atoms with Gasteiger partial charge in [0.1, 0.15) is 22.8 Å². The molecule has 0 saturated carbocycles. The summed E-state index contributed by atoms with van der Waals surface area (Å²) in [5, 5.41) is -0.176. The number of hydrogen-bond donors (Lipinski definition) is 0. The summed E-state index contributed by atoms with van der Waals surface area (Å²) >= 11 is 9.18. The molecule has 0 aromatic carbocycles. The summed E-state index contributed by atoms with van der Waals surface area (Å²) in [6.07, 6.45) is 2.51. The second kappa shape index (κ2) is 8.32. The highest BCUT2D eigenvalue weighted by Crippen LogP contribution is 2.50. The fourth-order valence-electron chi connectivity index (χ4n) is 0.369. The summed E-state index contributed by atoms with van der Waals surface area (Å²) in [4.78, 5) is 0. The lowest BCUT2D eigenvalue weighted by molar-refractivity contribution is 1.11. The molecule has 0 unspecified atom stereocenters. The van der Waals surface area contributed by atoms with E-state index in [0.29, 0.717) is 0 Å². The fraction of sp³-hybridized carbons (Fsp3) is 1.00. The van der Waals surface area contributed by atoms with Crippen molar-refractivity contribution in [1.82, 2.24) is 0 Å². The van der Waals surface area contributed by atoms with Crippen molar-refractivity contribution < 1.29 is 0 Å². The summed E-state index contributed by atoms with van der Waals surface area (Å²) in [6, 6.07) is 0. The first-order valence-corrected chi connectivity index (χ1v) is 9.08. The van der Waals surface area contributed by atoms with Crippen LogP contribution in [0, 0.1) is 0 Å². The van der Waals surface area contributed by atoms with Crippen LogP contribution >= 0.6 is 27.9 Å². The molecule has 4 heteroatoms. The van der Waals surface area contributed by atoms with E-state index in [1.54, 1.807) is 0 Å². The molecule has 0 heterocycles. The Kier molecular flexibility index (Phi) is 9.33. The zero-order chi connectivity index (χ0) is 7.82. The first kappa shape index (κ1) is 11.2. The second-order valence-corrected chi connectivity index (χ2v) is 10.6. The third-order valence-electron chi connectivity index (χ3n) is 0.802. The van der Waals surface area contributed by atoms with E-state index in [0.717, 1.165) is 0 Å². The summed E-state index contributed by atoms with van der Waals surface area (Å²) in [6.45, 7) is 4.41. The zero-order valence-corrected chi connectivity index (χ0v) is 9.84. The molecule has 0 aromatic rings. The average molecular weight is 213 g/mol. The van der Waals surface area contributed by atoms with Crippen LogP contribution in [-0.2, 0) is 11.8 Å². The molecule has 0 radical (unpaired) electrons. The SMILES string of the molecule is CCCS[P+](=S)SCCC. The van der Waals surface area contributed by atoms with Gasteiger partial charge >= 0.3 is 5.10 Å². The summed E-state index contributed by atoms with van der Waals surface area (Å²) in [7, 11) is 0. The molecule has 0 aromatic heterocycles. The van der Waals surface area contributed by atoms with Crippen LogP contribution < -0.4 is 0 Å². The predicted molar refractivity (Wildman–Crippen MR) is 59.8 cm³/mol. The van der Waals surface area contributed by atoms with Crippen LogP contribution in [0.15, 0.2) is 0 Å². The van der Waals surface area contributed by atoms with Crippen molar-refractivity contribution in [2.45, 2.75) is 26.7 Å². The maximum atomic E-state index is 5.26. The summed E-state index contributed by atoms with van der Waals surface area (Å²) in [5.74, 6) is 2.48. The Bertz CT molecular complexity index is 85.0. The Morgan fingerprint density at radius 1 is 1.10 bits per heavy atom. The maximum absolute atomic E-state index is 5.26.